The van der Waals surface area contributed by atoms with Gasteiger partial charge in [-0.1, -0.05) is 110 Å². The average Bonchev–Trinajstić information content (AvgIpc) is 3.25. The summed E-state index contributed by atoms with van der Waals surface area (Å²) in [6, 6.07) is 33.5. The summed E-state index contributed by atoms with van der Waals surface area (Å²) in [5.74, 6) is 0.944. The molecular weight excluding hydrogens is 478 g/mol. The second-order valence-corrected chi connectivity index (χ2v) is 9.71. The van der Waals surface area contributed by atoms with Crippen molar-refractivity contribution >= 4 is 39.4 Å². The molecule has 1 aliphatic carbocycles. The summed E-state index contributed by atoms with van der Waals surface area (Å²) >= 11 is 0. The minimum atomic E-state index is -0.0494. The maximum absolute atomic E-state index is 6.99. The number of nitrogens with zero attached hydrogens (tertiary/aromatic N) is 4. The normalized spacial score (nSPS) is 18.5. The number of guanidine groups is 1. The molecule has 2 aliphatic rings. The molecule has 2 unspecified atom stereocenters. The number of benzene rings is 4. The summed E-state index contributed by atoms with van der Waals surface area (Å²) in [6.07, 6.45) is 10.2. The summed E-state index contributed by atoms with van der Waals surface area (Å²) in [7, 11) is 0. The zero-order valence-electron chi connectivity index (χ0n) is 21.4. The predicted molar refractivity (Wildman–Crippen MR) is 163 cm³/mol. The van der Waals surface area contributed by atoms with Gasteiger partial charge in [0.1, 0.15) is 0 Å². The molecule has 188 valence electrons. The van der Waals surface area contributed by atoms with E-state index in [2.05, 4.69) is 130 Å². The van der Waals surface area contributed by atoms with Crippen molar-refractivity contribution in [2.45, 2.75) is 12.0 Å². The van der Waals surface area contributed by atoms with E-state index >= 15 is 0 Å². The van der Waals surface area contributed by atoms with Crippen LogP contribution in [0.5, 0.6) is 0 Å². The Hall–Kier alpha value is -5.16. The first-order valence-electron chi connectivity index (χ1n) is 13.1. The van der Waals surface area contributed by atoms with Gasteiger partial charge in [-0.15, -0.1) is 0 Å². The average molecular weight is 506 g/mol. The number of nitrogens with two attached hydrogens (primary N) is 1. The lowest BCUT2D eigenvalue weighted by Crippen LogP contribution is -2.47. The number of aliphatic imine (C=N–C) groups is 2. The van der Waals surface area contributed by atoms with Crippen LogP contribution in [-0.4, -0.2) is 22.5 Å². The third-order valence-electron chi connectivity index (χ3n) is 7.63. The Labute approximate surface area is 227 Å². The molecule has 0 saturated carbocycles. The Morgan fingerprint density at radius 1 is 0.744 bits per heavy atom. The van der Waals surface area contributed by atoms with Gasteiger partial charge in [-0.2, -0.15) is 4.99 Å². The lowest BCUT2D eigenvalue weighted by molar-refractivity contribution is 0.706. The Morgan fingerprint density at radius 3 is 2.10 bits per heavy atom. The van der Waals surface area contributed by atoms with Crippen LogP contribution in [0.2, 0.25) is 0 Å². The minimum Gasteiger partial charge on any atom is -0.369 e. The Morgan fingerprint density at radius 2 is 1.36 bits per heavy atom. The third-order valence-corrected chi connectivity index (χ3v) is 7.63. The van der Waals surface area contributed by atoms with Crippen LogP contribution in [0.1, 0.15) is 11.5 Å². The largest absolute Gasteiger partial charge is 0.369 e. The van der Waals surface area contributed by atoms with E-state index in [4.69, 9.17) is 10.7 Å². The number of aromatic nitrogens is 1. The molecule has 0 bridgehead atoms. The van der Waals surface area contributed by atoms with Crippen LogP contribution in [0.15, 0.2) is 144 Å². The molecule has 5 aromatic rings. The van der Waals surface area contributed by atoms with Crippen molar-refractivity contribution in [3.63, 3.8) is 0 Å². The highest BCUT2D eigenvalue weighted by atomic mass is 15.3. The fourth-order valence-corrected chi connectivity index (χ4v) is 6.02. The number of hydrogen-bond donors (Lipinski definition) is 1. The van der Waals surface area contributed by atoms with Crippen molar-refractivity contribution in [1.82, 2.24) is 4.57 Å². The van der Waals surface area contributed by atoms with Gasteiger partial charge in [0.2, 0.25) is 11.9 Å². The summed E-state index contributed by atoms with van der Waals surface area (Å²) in [5.41, 5.74) is 13.6. The predicted octanol–water partition coefficient (Wildman–Crippen LogP) is 7.22. The van der Waals surface area contributed by atoms with Crippen LogP contribution in [0, 0.1) is 0 Å². The van der Waals surface area contributed by atoms with E-state index in [1.807, 2.05) is 12.1 Å². The van der Waals surface area contributed by atoms with E-state index in [0.717, 1.165) is 33.1 Å². The molecular formula is C34H27N5. The van der Waals surface area contributed by atoms with E-state index < -0.39 is 0 Å². The van der Waals surface area contributed by atoms with Crippen LogP contribution in [0.25, 0.3) is 32.9 Å². The highest BCUT2D eigenvalue weighted by molar-refractivity contribution is 6.16. The van der Waals surface area contributed by atoms with Crippen molar-refractivity contribution in [1.29, 1.82) is 0 Å². The molecule has 0 amide bonds. The number of para-hydroxylation sites is 3. The first-order valence-corrected chi connectivity index (χ1v) is 13.1. The second-order valence-electron chi connectivity index (χ2n) is 9.71. The number of rotatable bonds is 1. The SMILES string of the molecule is C=C/N=C(\N=C(/N)N1c2ccccc2-c2ccccc2C2C=CC=CC21)n1c2ccccc2c2ccccc21. The van der Waals surface area contributed by atoms with E-state index in [9.17, 15) is 0 Å². The maximum Gasteiger partial charge on any atom is 0.237 e. The van der Waals surface area contributed by atoms with Gasteiger partial charge in [-0.05, 0) is 29.3 Å². The highest BCUT2D eigenvalue weighted by Gasteiger charge is 2.35. The molecule has 1 aliphatic heterocycles. The van der Waals surface area contributed by atoms with E-state index in [1.165, 1.54) is 17.3 Å². The lowest BCUT2D eigenvalue weighted by atomic mass is 9.85. The Balaban J connectivity index is 1.45. The van der Waals surface area contributed by atoms with Gasteiger partial charge in [-0.3, -0.25) is 4.57 Å². The van der Waals surface area contributed by atoms with Crippen LogP contribution < -0.4 is 10.6 Å². The molecule has 4 aromatic carbocycles. The fourth-order valence-electron chi connectivity index (χ4n) is 6.02. The van der Waals surface area contributed by atoms with Crippen molar-refractivity contribution in [2.24, 2.45) is 15.7 Å². The first-order chi connectivity index (χ1) is 19.3. The molecule has 5 nitrogen and oxygen atoms in total. The number of hydrogen-bond acceptors (Lipinski definition) is 1. The quantitative estimate of drug-likeness (QED) is 0.193. The van der Waals surface area contributed by atoms with E-state index in [0.29, 0.717) is 11.9 Å². The molecule has 0 fully saturated rings. The summed E-state index contributed by atoms with van der Waals surface area (Å²) in [5, 5.41) is 2.27. The first kappa shape index (κ1) is 23.0. The number of anilines is 1. The van der Waals surface area contributed by atoms with E-state index in [-0.39, 0.29) is 12.0 Å². The van der Waals surface area contributed by atoms with Gasteiger partial charge >= 0.3 is 0 Å². The van der Waals surface area contributed by atoms with E-state index in [1.54, 1.807) is 0 Å². The van der Waals surface area contributed by atoms with Crippen LogP contribution >= 0.6 is 0 Å². The maximum atomic E-state index is 6.99. The van der Waals surface area contributed by atoms with Crippen molar-refractivity contribution in [2.75, 3.05) is 4.90 Å². The summed E-state index contributed by atoms with van der Waals surface area (Å²) < 4.78 is 2.06. The summed E-state index contributed by atoms with van der Waals surface area (Å²) in [4.78, 5) is 11.8. The number of allylic oxidation sites excluding steroid dienone is 2. The van der Waals surface area contributed by atoms with Gasteiger partial charge in [0.25, 0.3) is 0 Å². The second kappa shape index (κ2) is 9.30. The minimum absolute atomic E-state index is 0.0494. The van der Waals surface area contributed by atoms with Crippen LogP contribution in [0.4, 0.5) is 5.69 Å². The topological polar surface area (TPSA) is 58.9 Å². The van der Waals surface area contributed by atoms with Crippen molar-refractivity contribution in [3.05, 3.63) is 140 Å². The molecule has 0 spiro atoms. The van der Waals surface area contributed by atoms with Crippen molar-refractivity contribution < 1.29 is 0 Å². The standard InChI is InChI=1S/C34H27N5/c1-2-36-34(39-31-21-11-7-17-27(31)28-18-8-12-22-32(28)39)37-33(35)38-29-19-9-5-15-25(29)23-13-3-4-14-24(23)26-16-6-10-20-30(26)38/h2-22,25,29H,1H2,(H2,35,36,37). The monoisotopic (exact) mass is 505 g/mol. The highest BCUT2D eigenvalue weighted by Crippen LogP contribution is 2.44. The molecule has 2 N–H and O–H groups in total. The molecule has 5 heteroatoms. The van der Waals surface area contributed by atoms with Crippen molar-refractivity contribution in [3.8, 4) is 11.1 Å². The lowest BCUT2D eigenvalue weighted by Gasteiger charge is -2.35. The molecule has 1 aromatic heterocycles. The molecule has 2 atom stereocenters. The number of fused-ring (bicyclic) bond motifs is 8. The van der Waals surface area contributed by atoms with Gasteiger partial charge in [0, 0.05) is 28.5 Å². The van der Waals surface area contributed by atoms with Crippen LogP contribution in [0.3, 0.4) is 0 Å². The fraction of sp³-hybridized carbons (Fsp3) is 0.0588. The molecule has 39 heavy (non-hydrogen) atoms. The Kier molecular flexibility index (Phi) is 5.48. The Bertz CT molecular complexity index is 1820. The third kappa shape index (κ3) is 3.62. The molecule has 0 radical (unpaired) electrons. The molecule has 7 rings (SSSR count). The van der Waals surface area contributed by atoms with Gasteiger partial charge in [0.05, 0.1) is 22.8 Å². The summed E-state index contributed by atoms with van der Waals surface area (Å²) in [6.45, 7) is 3.89. The van der Waals surface area contributed by atoms with Gasteiger partial charge in [-0.25, -0.2) is 4.99 Å². The van der Waals surface area contributed by atoms with Crippen LogP contribution in [-0.2, 0) is 0 Å². The molecule has 0 saturated heterocycles. The zero-order chi connectivity index (χ0) is 26.3. The molecule has 2 heterocycles. The zero-order valence-corrected chi connectivity index (χ0v) is 21.4. The van der Waals surface area contributed by atoms with Gasteiger partial charge < -0.3 is 10.6 Å². The van der Waals surface area contributed by atoms with Gasteiger partial charge in [0.15, 0.2) is 0 Å². The smallest absolute Gasteiger partial charge is 0.237 e.